The molecule has 1 spiro atoms. The van der Waals surface area contributed by atoms with Crippen LogP contribution in [-0.2, 0) is 10.8 Å². The van der Waals surface area contributed by atoms with E-state index in [-0.39, 0.29) is 33.4 Å². The number of aromatic hydroxyl groups is 6. The van der Waals surface area contributed by atoms with Crippen LogP contribution in [0, 0.1) is 0 Å². The second-order valence-electron chi connectivity index (χ2n) is 16.3. The molecular formula is C52H36BNO6. The molecule has 0 aromatic heterocycles. The second kappa shape index (κ2) is 12.2. The van der Waals surface area contributed by atoms with Gasteiger partial charge in [-0.1, -0.05) is 141 Å². The molecule has 0 fully saturated rings. The van der Waals surface area contributed by atoms with E-state index in [9.17, 15) is 30.6 Å². The van der Waals surface area contributed by atoms with Crippen molar-refractivity contribution in [1.82, 2.24) is 0 Å². The minimum atomic E-state index is -1.24. The van der Waals surface area contributed by atoms with Gasteiger partial charge in [0, 0.05) is 33.5 Å². The van der Waals surface area contributed by atoms with Gasteiger partial charge in [-0.25, -0.2) is 0 Å². The standard InChI is InChI=1S/C52H36BNO6/c1-51(2)41-39(40-42(51)47(57)50(60)49(59)46(40)56)45(55)48(58)44(43(41)53)54(29-22-20-28(21-23-29)27-12-4-3-5-13-27)30-24-25-34-33-16-8-11-19-37(33)52(38(34)26-30)35-17-9-6-14-31(35)32-15-7-10-18-36(32)52/h3-26,55-60H,1-2H3. The smallest absolute Gasteiger partial charge is 0.204 e. The maximum atomic E-state index is 12.3. The molecule has 8 aromatic rings. The molecule has 11 rings (SSSR count). The van der Waals surface area contributed by atoms with Gasteiger partial charge >= 0.3 is 0 Å². The van der Waals surface area contributed by atoms with E-state index in [1.165, 1.54) is 0 Å². The monoisotopic (exact) mass is 781 g/mol. The Hall–Kier alpha value is -7.58. The van der Waals surface area contributed by atoms with Crippen LogP contribution in [0.1, 0.15) is 47.2 Å². The van der Waals surface area contributed by atoms with E-state index in [1.807, 2.05) is 65.6 Å². The fourth-order valence-corrected chi connectivity index (χ4v) is 10.6. The summed E-state index contributed by atoms with van der Waals surface area (Å²) in [4.78, 5) is 1.83. The summed E-state index contributed by atoms with van der Waals surface area (Å²) in [5, 5.41) is 68.1. The van der Waals surface area contributed by atoms with Crippen LogP contribution in [0.3, 0.4) is 0 Å². The predicted molar refractivity (Wildman–Crippen MR) is 236 cm³/mol. The summed E-state index contributed by atoms with van der Waals surface area (Å²) in [7, 11) is 7.26. The van der Waals surface area contributed by atoms with Crippen LogP contribution in [0.2, 0.25) is 0 Å². The van der Waals surface area contributed by atoms with E-state index in [4.69, 9.17) is 7.85 Å². The molecule has 0 saturated carbocycles. The Kier molecular flexibility index (Phi) is 7.25. The molecular weight excluding hydrogens is 745 g/mol. The van der Waals surface area contributed by atoms with Crippen molar-refractivity contribution in [3.63, 3.8) is 0 Å². The first kappa shape index (κ1) is 35.6. The quantitative estimate of drug-likeness (QED) is 0.0597. The Balaban J connectivity index is 1.21. The number of phenolic OH excluding ortho intramolecular Hbond substituents is 6. The van der Waals surface area contributed by atoms with Gasteiger partial charge in [-0.15, -0.1) is 0 Å². The Morgan fingerprint density at radius 2 is 0.867 bits per heavy atom. The van der Waals surface area contributed by atoms with E-state index >= 15 is 0 Å². The highest BCUT2D eigenvalue weighted by molar-refractivity contribution is 6.39. The molecule has 7 nitrogen and oxygen atoms in total. The zero-order valence-corrected chi connectivity index (χ0v) is 32.6. The van der Waals surface area contributed by atoms with Crippen molar-refractivity contribution in [1.29, 1.82) is 0 Å². The molecule has 0 aliphatic heterocycles. The van der Waals surface area contributed by atoms with Gasteiger partial charge in [0.15, 0.2) is 23.0 Å². The molecule has 8 heteroatoms. The van der Waals surface area contributed by atoms with Gasteiger partial charge in [-0.05, 0) is 85.5 Å². The summed E-state index contributed by atoms with van der Waals surface area (Å²) >= 11 is 0. The molecule has 0 amide bonds. The number of benzene rings is 8. The van der Waals surface area contributed by atoms with Crippen molar-refractivity contribution >= 4 is 30.4 Å². The third-order valence-corrected chi connectivity index (χ3v) is 13.1. The zero-order valence-electron chi connectivity index (χ0n) is 32.6. The van der Waals surface area contributed by atoms with Gasteiger partial charge < -0.3 is 35.5 Å². The average Bonchev–Trinajstić information content (AvgIpc) is 3.84. The van der Waals surface area contributed by atoms with Gasteiger partial charge in [-0.2, -0.15) is 0 Å². The summed E-state index contributed by atoms with van der Waals surface area (Å²) < 4.78 is 0. The molecule has 3 aliphatic rings. The van der Waals surface area contributed by atoms with Crippen molar-refractivity contribution in [2.45, 2.75) is 24.7 Å². The lowest BCUT2D eigenvalue weighted by Gasteiger charge is -2.34. The van der Waals surface area contributed by atoms with Crippen LogP contribution in [-0.4, -0.2) is 38.5 Å². The van der Waals surface area contributed by atoms with E-state index < -0.39 is 45.3 Å². The van der Waals surface area contributed by atoms with Crippen molar-refractivity contribution in [3.05, 3.63) is 179 Å². The normalized spacial score (nSPS) is 14.2. The highest BCUT2D eigenvalue weighted by atomic mass is 16.3. The van der Waals surface area contributed by atoms with Crippen molar-refractivity contribution < 1.29 is 30.6 Å². The lowest BCUT2D eigenvalue weighted by molar-refractivity contribution is 0.342. The van der Waals surface area contributed by atoms with E-state index in [0.29, 0.717) is 11.4 Å². The van der Waals surface area contributed by atoms with Crippen molar-refractivity contribution in [2.24, 2.45) is 0 Å². The third-order valence-electron chi connectivity index (χ3n) is 13.1. The van der Waals surface area contributed by atoms with E-state index in [2.05, 4.69) is 84.9 Å². The van der Waals surface area contributed by atoms with E-state index in [0.717, 1.165) is 55.6 Å². The number of hydrogen-bond acceptors (Lipinski definition) is 7. The molecule has 0 atom stereocenters. The number of fused-ring (bicyclic) bond motifs is 13. The Morgan fingerprint density at radius 1 is 0.417 bits per heavy atom. The molecule has 0 heterocycles. The van der Waals surface area contributed by atoms with Gasteiger partial charge in [0.25, 0.3) is 0 Å². The minimum absolute atomic E-state index is 0.0402. The largest absolute Gasteiger partial charge is 0.504 e. The Labute approximate surface area is 347 Å². The SMILES string of the molecule is [B]c1c(N(c2ccc(-c3ccccc3)cc2)c2ccc3c(c2)C2(c4ccccc4-c4ccccc42)c2ccccc2-3)c(O)c(O)c2c1C(C)(C)c1c(O)c(O)c(O)c(O)c1-2. The Morgan fingerprint density at radius 3 is 1.45 bits per heavy atom. The number of anilines is 3. The molecule has 288 valence electrons. The number of phenols is 6. The van der Waals surface area contributed by atoms with Crippen molar-refractivity contribution in [2.75, 3.05) is 4.90 Å². The fraction of sp³-hybridized carbons (Fsp3) is 0.0769. The predicted octanol–water partition coefficient (Wildman–Crippen LogP) is 10.5. The molecule has 6 N–H and O–H groups in total. The number of nitrogens with zero attached hydrogens (tertiary/aromatic N) is 1. The summed E-state index contributed by atoms with van der Waals surface area (Å²) in [6.07, 6.45) is 0. The molecule has 8 aromatic carbocycles. The second-order valence-corrected chi connectivity index (χ2v) is 16.3. The molecule has 0 saturated heterocycles. The maximum absolute atomic E-state index is 12.3. The molecule has 0 bridgehead atoms. The van der Waals surface area contributed by atoms with Crippen LogP contribution < -0.4 is 10.4 Å². The van der Waals surface area contributed by atoms with Gasteiger partial charge in [-0.3, -0.25) is 0 Å². The molecule has 2 radical (unpaired) electrons. The molecule has 3 aliphatic carbocycles. The highest BCUT2D eigenvalue weighted by Gasteiger charge is 2.52. The maximum Gasteiger partial charge on any atom is 0.204 e. The molecule has 60 heavy (non-hydrogen) atoms. The topological polar surface area (TPSA) is 125 Å². The minimum Gasteiger partial charge on any atom is -0.504 e. The fourth-order valence-electron chi connectivity index (χ4n) is 10.6. The van der Waals surface area contributed by atoms with Gasteiger partial charge in [0.2, 0.25) is 11.5 Å². The summed E-state index contributed by atoms with van der Waals surface area (Å²) in [5.41, 5.74) is 10.6. The number of hydrogen-bond donors (Lipinski definition) is 6. The van der Waals surface area contributed by atoms with Crippen LogP contribution in [0.4, 0.5) is 17.1 Å². The summed E-state index contributed by atoms with van der Waals surface area (Å²) in [5.74, 6) is -4.49. The Bertz CT molecular complexity index is 3090. The lowest BCUT2D eigenvalue weighted by Crippen LogP contribution is -2.29. The van der Waals surface area contributed by atoms with Gasteiger partial charge in [0.05, 0.1) is 11.1 Å². The summed E-state index contributed by atoms with van der Waals surface area (Å²) in [6, 6.07) is 49.7. The zero-order chi connectivity index (χ0) is 41.4. The lowest BCUT2D eigenvalue weighted by atomic mass is 9.70. The highest BCUT2D eigenvalue weighted by Crippen LogP contribution is 2.66. The first-order chi connectivity index (χ1) is 29.0. The van der Waals surface area contributed by atoms with Crippen LogP contribution >= 0.6 is 0 Å². The van der Waals surface area contributed by atoms with E-state index in [1.54, 1.807) is 13.8 Å². The molecule has 0 unspecified atom stereocenters. The number of rotatable bonds is 4. The van der Waals surface area contributed by atoms with Crippen LogP contribution in [0.5, 0.6) is 34.5 Å². The first-order valence-corrected chi connectivity index (χ1v) is 19.8. The van der Waals surface area contributed by atoms with Crippen LogP contribution in [0.25, 0.3) is 44.5 Å². The average molecular weight is 782 g/mol. The van der Waals surface area contributed by atoms with Crippen molar-refractivity contribution in [3.8, 4) is 79.0 Å². The summed E-state index contributed by atoms with van der Waals surface area (Å²) in [6.45, 7) is 3.46. The van der Waals surface area contributed by atoms with Gasteiger partial charge in [0.1, 0.15) is 7.85 Å². The first-order valence-electron chi connectivity index (χ1n) is 19.8. The third kappa shape index (κ3) is 4.34. The van der Waals surface area contributed by atoms with Crippen LogP contribution in [0.15, 0.2) is 146 Å².